The molecule has 2 aromatic heterocycles. The number of nitrogens with zero attached hydrogens (tertiary/aromatic N) is 3. The SMILES string of the molecule is COc1ccc2ncc(F)c(CCN3C[C@H]4C[C@H](N)[C@H]4C3)c2n1. The summed E-state index contributed by atoms with van der Waals surface area (Å²) in [6, 6.07) is 3.92. The molecule has 2 fully saturated rings. The Kier molecular flexibility index (Phi) is 3.66. The van der Waals surface area contributed by atoms with Crippen molar-refractivity contribution in [1.82, 2.24) is 14.9 Å². The van der Waals surface area contributed by atoms with E-state index < -0.39 is 0 Å². The third-order valence-electron chi connectivity index (χ3n) is 5.32. The summed E-state index contributed by atoms with van der Waals surface area (Å²) in [4.78, 5) is 10.9. The molecule has 2 aromatic rings. The molecule has 0 amide bonds. The summed E-state index contributed by atoms with van der Waals surface area (Å²) in [5.74, 6) is 1.56. The summed E-state index contributed by atoms with van der Waals surface area (Å²) in [7, 11) is 1.56. The highest BCUT2D eigenvalue weighted by atomic mass is 19.1. The minimum absolute atomic E-state index is 0.294. The zero-order valence-electron chi connectivity index (χ0n) is 13.2. The van der Waals surface area contributed by atoms with E-state index in [0.29, 0.717) is 40.9 Å². The second kappa shape index (κ2) is 5.69. The smallest absolute Gasteiger partial charge is 0.213 e. The summed E-state index contributed by atoms with van der Waals surface area (Å²) < 4.78 is 19.4. The Morgan fingerprint density at radius 2 is 2.26 bits per heavy atom. The summed E-state index contributed by atoms with van der Waals surface area (Å²) in [5, 5.41) is 0. The number of hydrogen-bond acceptors (Lipinski definition) is 5. The maximum Gasteiger partial charge on any atom is 0.213 e. The number of fused-ring (bicyclic) bond motifs is 2. The minimum atomic E-state index is -0.294. The van der Waals surface area contributed by atoms with Gasteiger partial charge < -0.3 is 15.4 Å². The van der Waals surface area contributed by atoms with Crippen molar-refractivity contribution in [3.05, 3.63) is 29.7 Å². The Balaban J connectivity index is 1.55. The highest BCUT2D eigenvalue weighted by Gasteiger charge is 2.44. The summed E-state index contributed by atoms with van der Waals surface area (Å²) in [5.41, 5.74) is 7.97. The molecule has 0 unspecified atom stereocenters. The molecule has 1 saturated carbocycles. The number of methoxy groups -OCH3 is 1. The molecular weight excluding hydrogens is 295 g/mol. The molecule has 3 atom stereocenters. The molecular formula is C17H21FN4O. The number of halogens is 1. The van der Waals surface area contributed by atoms with Crippen molar-refractivity contribution in [1.29, 1.82) is 0 Å². The predicted molar refractivity (Wildman–Crippen MR) is 85.8 cm³/mol. The lowest BCUT2D eigenvalue weighted by Crippen LogP contribution is -2.46. The number of nitrogens with two attached hydrogens (primary N) is 1. The van der Waals surface area contributed by atoms with Crippen LogP contribution in [0, 0.1) is 17.7 Å². The van der Waals surface area contributed by atoms with Crippen molar-refractivity contribution in [2.24, 2.45) is 17.6 Å². The maximum absolute atomic E-state index is 14.3. The Morgan fingerprint density at radius 3 is 3.00 bits per heavy atom. The van der Waals surface area contributed by atoms with Gasteiger partial charge in [-0.15, -0.1) is 0 Å². The predicted octanol–water partition coefficient (Wildman–Crippen LogP) is 1.60. The van der Waals surface area contributed by atoms with Crippen LogP contribution in [-0.4, -0.2) is 47.7 Å². The largest absolute Gasteiger partial charge is 0.481 e. The maximum atomic E-state index is 14.3. The van der Waals surface area contributed by atoms with Crippen LogP contribution in [0.15, 0.2) is 18.3 Å². The molecule has 0 radical (unpaired) electrons. The van der Waals surface area contributed by atoms with Gasteiger partial charge in [-0.2, -0.15) is 0 Å². The van der Waals surface area contributed by atoms with E-state index in [9.17, 15) is 4.39 Å². The molecule has 3 heterocycles. The quantitative estimate of drug-likeness (QED) is 0.928. The molecule has 0 spiro atoms. The van der Waals surface area contributed by atoms with Gasteiger partial charge in [-0.05, 0) is 30.7 Å². The van der Waals surface area contributed by atoms with Crippen molar-refractivity contribution < 1.29 is 9.13 Å². The molecule has 0 bridgehead atoms. The van der Waals surface area contributed by atoms with Crippen LogP contribution in [0.25, 0.3) is 11.0 Å². The number of pyridine rings is 2. The fraction of sp³-hybridized carbons (Fsp3) is 0.529. The summed E-state index contributed by atoms with van der Waals surface area (Å²) in [6.07, 6.45) is 3.04. The van der Waals surface area contributed by atoms with Crippen LogP contribution >= 0.6 is 0 Å². The Bertz CT molecular complexity index is 738. The fourth-order valence-electron chi connectivity index (χ4n) is 3.93. The van der Waals surface area contributed by atoms with Crippen molar-refractivity contribution in [2.45, 2.75) is 18.9 Å². The lowest BCUT2D eigenvalue weighted by molar-refractivity contribution is 0.194. The molecule has 122 valence electrons. The van der Waals surface area contributed by atoms with Gasteiger partial charge in [0, 0.05) is 37.3 Å². The van der Waals surface area contributed by atoms with Crippen LogP contribution in [0.5, 0.6) is 5.88 Å². The van der Waals surface area contributed by atoms with Crippen LogP contribution < -0.4 is 10.5 Å². The number of likely N-dealkylation sites (tertiary alicyclic amines) is 1. The zero-order chi connectivity index (χ0) is 16.0. The van der Waals surface area contributed by atoms with E-state index >= 15 is 0 Å². The van der Waals surface area contributed by atoms with E-state index in [4.69, 9.17) is 10.5 Å². The first-order valence-corrected chi connectivity index (χ1v) is 8.11. The molecule has 1 saturated heterocycles. The van der Waals surface area contributed by atoms with E-state index in [1.165, 1.54) is 6.20 Å². The van der Waals surface area contributed by atoms with Crippen LogP contribution in [-0.2, 0) is 6.42 Å². The van der Waals surface area contributed by atoms with Crippen molar-refractivity contribution in [2.75, 3.05) is 26.7 Å². The van der Waals surface area contributed by atoms with Gasteiger partial charge >= 0.3 is 0 Å². The molecule has 2 aliphatic rings. The third kappa shape index (κ3) is 2.56. The van der Waals surface area contributed by atoms with E-state index in [1.807, 2.05) is 6.07 Å². The van der Waals surface area contributed by atoms with Gasteiger partial charge in [0.25, 0.3) is 0 Å². The van der Waals surface area contributed by atoms with Gasteiger partial charge in [-0.1, -0.05) is 0 Å². The van der Waals surface area contributed by atoms with E-state index in [1.54, 1.807) is 13.2 Å². The second-order valence-electron chi connectivity index (χ2n) is 6.64. The van der Waals surface area contributed by atoms with Gasteiger partial charge in [0.2, 0.25) is 5.88 Å². The summed E-state index contributed by atoms with van der Waals surface area (Å²) >= 11 is 0. The third-order valence-corrected chi connectivity index (χ3v) is 5.32. The number of rotatable bonds is 4. The van der Waals surface area contributed by atoms with E-state index in [-0.39, 0.29) is 5.82 Å². The first-order valence-electron chi connectivity index (χ1n) is 8.11. The van der Waals surface area contributed by atoms with Crippen LogP contribution in [0.4, 0.5) is 4.39 Å². The Hall–Kier alpha value is -1.79. The average molecular weight is 316 g/mol. The number of ether oxygens (including phenoxy) is 1. The van der Waals surface area contributed by atoms with Crippen molar-refractivity contribution in [3.8, 4) is 5.88 Å². The van der Waals surface area contributed by atoms with Gasteiger partial charge in [0.15, 0.2) is 0 Å². The molecule has 6 heteroatoms. The molecule has 5 nitrogen and oxygen atoms in total. The molecule has 1 aliphatic heterocycles. The molecule has 1 aliphatic carbocycles. The molecule has 0 aromatic carbocycles. The first kappa shape index (κ1) is 14.8. The van der Waals surface area contributed by atoms with Gasteiger partial charge in [0.1, 0.15) is 5.82 Å². The lowest BCUT2D eigenvalue weighted by atomic mass is 9.72. The highest BCUT2D eigenvalue weighted by Crippen LogP contribution is 2.39. The monoisotopic (exact) mass is 316 g/mol. The van der Waals surface area contributed by atoms with E-state index in [2.05, 4.69) is 14.9 Å². The molecule has 23 heavy (non-hydrogen) atoms. The normalized spacial score (nSPS) is 27.0. The van der Waals surface area contributed by atoms with Crippen LogP contribution in [0.2, 0.25) is 0 Å². The Morgan fingerprint density at radius 1 is 1.39 bits per heavy atom. The van der Waals surface area contributed by atoms with Gasteiger partial charge in [0.05, 0.1) is 24.3 Å². The lowest BCUT2D eigenvalue weighted by Gasteiger charge is -2.36. The summed E-state index contributed by atoms with van der Waals surface area (Å²) in [6.45, 7) is 2.95. The zero-order valence-corrected chi connectivity index (χ0v) is 13.2. The van der Waals surface area contributed by atoms with Crippen molar-refractivity contribution >= 4 is 11.0 Å². The van der Waals surface area contributed by atoms with Crippen molar-refractivity contribution in [3.63, 3.8) is 0 Å². The molecule has 2 N–H and O–H groups in total. The molecule has 4 rings (SSSR count). The van der Waals surface area contributed by atoms with Crippen LogP contribution in [0.1, 0.15) is 12.0 Å². The Labute approximate surface area is 134 Å². The van der Waals surface area contributed by atoms with Crippen LogP contribution in [0.3, 0.4) is 0 Å². The topological polar surface area (TPSA) is 64.3 Å². The van der Waals surface area contributed by atoms with Gasteiger partial charge in [-0.3, -0.25) is 4.98 Å². The highest BCUT2D eigenvalue weighted by molar-refractivity contribution is 5.78. The first-order chi connectivity index (χ1) is 11.2. The van der Waals surface area contributed by atoms with E-state index in [0.717, 1.165) is 32.0 Å². The van der Waals surface area contributed by atoms with Gasteiger partial charge in [-0.25, -0.2) is 9.37 Å². The average Bonchev–Trinajstić information content (AvgIpc) is 2.90. The second-order valence-corrected chi connectivity index (χ2v) is 6.64. The minimum Gasteiger partial charge on any atom is -0.481 e. The standard InChI is InChI=1S/C17H21FN4O/c1-23-16-3-2-15-17(21-16)11(13(18)7-20-15)4-5-22-8-10-6-14(19)12(10)9-22/h2-3,7,10,12,14H,4-6,8-9,19H2,1H3/t10-,12+,14+/m1/s1. The number of hydrogen-bond donors (Lipinski definition) is 1. The fourth-order valence-corrected chi connectivity index (χ4v) is 3.93. The number of aromatic nitrogens is 2.